The maximum Gasteiger partial charge on any atom is 0.320 e. The van der Waals surface area contributed by atoms with Crippen LogP contribution in [0.2, 0.25) is 0 Å². The highest BCUT2D eigenvalue weighted by Gasteiger charge is 2.15. The van der Waals surface area contributed by atoms with Crippen LogP contribution < -0.4 is 5.32 Å². The Balaban J connectivity index is 2.55. The standard InChI is InChI=1S/C13H17Br2NO2/c1-2-3-4-12(13(17)18)16-8-9-5-6-10(14)11(15)7-9/h5-7,12,16H,2-4,8H2,1H3,(H,17,18)/t12-/m0/s1. The summed E-state index contributed by atoms with van der Waals surface area (Å²) in [5.74, 6) is -0.778. The van der Waals surface area contributed by atoms with Gasteiger partial charge in [0.25, 0.3) is 0 Å². The number of hydrogen-bond acceptors (Lipinski definition) is 2. The van der Waals surface area contributed by atoms with Crippen molar-refractivity contribution in [3.63, 3.8) is 0 Å². The fourth-order valence-electron chi connectivity index (χ4n) is 1.61. The smallest absolute Gasteiger partial charge is 0.320 e. The van der Waals surface area contributed by atoms with Gasteiger partial charge in [-0.2, -0.15) is 0 Å². The lowest BCUT2D eigenvalue weighted by Crippen LogP contribution is -2.36. The van der Waals surface area contributed by atoms with E-state index in [-0.39, 0.29) is 0 Å². The third-order valence-electron chi connectivity index (χ3n) is 2.68. The van der Waals surface area contributed by atoms with E-state index in [9.17, 15) is 4.79 Å². The number of rotatable bonds is 7. The average molecular weight is 379 g/mol. The van der Waals surface area contributed by atoms with Gasteiger partial charge >= 0.3 is 5.97 Å². The van der Waals surface area contributed by atoms with Gasteiger partial charge in [0.2, 0.25) is 0 Å². The van der Waals surface area contributed by atoms with Crippen molar-refractivity contribution in [1.82, 2.24) is 5.32 Å². The molecule has 5 heteroatoms. The lowest BCUT2D eigenvalue weighted by atomic mass is 10.1. The van der Waals surface area contributed by atoms with E-state index in [1.165, 1.54) is 0 Å². The van der Waals surface area contributed by atoms with Crippen LogP contribution in [0.25, 0.3) is 0 Å². The summed E-state index contributed by atoms with van der Waals surface area (Å²) >= 11 is 6.84. The quantitative estimate of drug-likeness (QED) is 0.755. The summed E-state index contributed by atoms with van der Waals surface area (Å²) in [6.45, 7) is 2.62. The second-order valence-corrected chi connectivity index (χ2v) is 5.87. The molecule has 0 fully saturated rings. The zero-order valence-electron chi connectivity index (χ0n) is 10.2. The number of carboxylic acids is 1. The fraction of sp³-hybridized carbons (Fsp3) is 0.462. The Labute approximate surface area is 124 Å². The summed E-state index contributed by atoms with van der Waals surface area (Å²) in [7, 11) is 0. The molecule has 0 spiro atoms. The van der Waals surface area contributed by atoms with Crippen molar-refractivity contribution in [3.8, 4) is 0 Å². The number of carbonyl (C=O) groups is 1. The van der Waals surface area contributed by atoms with Crippen molar-refractivity contribution < 1.29 is 9.90 Å². The second-order valence-electron chi connectivity index (χ2n) is 4.16. The molecule has 0 aliphatic rings. The first-order valence-electron chi connectivity index (χ1n) is 5.94. The molecule has 0 aromatic heterocycles. The van der Waals surface area contributed by atoms with Gasteiger partial charge in [0.15, 0.2) is 0 Å². The predicted octanol–water partition coefficient (Wildman–Crippen LogP) is 3.94. The van der Waals surface area contributed by atoms with Crippen LogP contribution in [0.4, 0.5) is 0 Å². The monoisotopic (exact) mass is 377 g/mol. The molecule has 0 amide bonds. The number of aliphatic carboxylic acids is 1. The number of benzene rings is 1. The van der Waals surface area contributed by atoms with E-state index < -0.39 is 12.0 Å². The van der Waals surface area contributed by atoms with Gasteiger partial charge in [-0.1, -0.05) is 25.8 Å². The first kappa shape index (κ1) is 15.7. The minimum Gasteiger partial charge on any atom is -0.480 e. The maximum atomic E-state index is 11.1. The zero-order chi connectivity index (χ0) is 13.5. The van der Waals surface area contributed by atoms with Gasteiger partial charge in [-0.15, -0.1) is 0 Å². The molecule has 1 atom stereocenters. The van der Waals surface area contributed by atoms with Crippen LogP contribution in [0.5, 0.6) is 0 Å². The normalized spacial score (nSPS) is 12.4. The zero-order valence-corrected chi connectivity index (χ0v) is 13.4. The third kappa shape index (κ3) is 5.08. The van der Waals surface area contributed by atoms with E-state index in [2.05, 4.69) is 44.1 Å². The summed E-state index contributed by atoms with van der Waals surface area (Å²) in [6, 6.07) is 5.44. The van der Waals surface area contributed by atoms with E-state index in [0.717, 1.165) is 27.4 Å². The Hall–Kier alpha value is -0.390. The Morgan fingerprint density at radius 3 is 2.67 bits per heavy atom. The second kappa shape index (κ2) is 7.92. The number of hydrogen-bond donors (Lipinski definition) is 2. The molecule has 3 nitrogen and oxygen atoms in total. The Bertz CT molecular complexity index is 410. The highest BCUT2D eigenvalue weighted by atomic mass is 79.9. The fourth-order valence-corrected chi connectivity index (χ4v) is 2.28. The Morgan fingerprint density at radius 2 is 2.11 bits per heavy atom. The molecule has 0 aliphatic heterocycles. The molecule has 2 N–H and O–H groups in total. The third-order valence-corrected chi connectivity index (χ3v) is 4.56. The van der Waals surface area contributed by atoms with E-state index in [4.69, 9.17) is 5.11 Å². The van der Waals surface area contributed by atoms with Crippen LogP contribution in [0.15, 0.2) is 27.1 Å². The summed E-state index contributed by atoms with van der Waals surface area (Å²) in [5, 5.41) is 12.2. The molecule has 1 rings (SSSR count). The Morgan fingerprint density at radius 1 is 1.39 bits per heavy atom. The van der Waals surface area contributed by atoms with Crippen LogP contribution >= 0.6 is 31.9 Å². The largest absolute Gasteiger partial charge is 0.480 e. The van der Waals surface area contributed by atoms with Gasteiger partial charge < -0.3 is 10.4 Å². The molecule has 100 valence electrons. The first-order chi connectivity index (χ1) is 8.54. The van der Waals surface area contributed by atoms with Crippen LogP contribution in [0.3, 0.4) is 0 Å². The summed E-state index contributed by atoms with van der Waals surface area (Å²) in [5.41, 5.74) is 1.06. The highest BCUT2D eigenvalue weighted by Crippen LogP contribution is 2.23. The molecule has 0 saturated heterocycles. The van der Waals surface area contributed by atoms with E-state index in [1.54, 1.807) is 0 Å². The molecule has 0 heterocycles. The number of unbranched alkanes of at least 4 members (excludes halogenated alkanes) is 1. The van der Waals surface area contributed by atoms with E-state index in [1.807, 2.05) is 18.2 Å². The molecule has 0 aliphatic carbocycles. The minimum atomic E-state index is -0.778. The summed E-state index contributed by atoms with van der Waals surface area (Å²) in [4.78, 5) is 11.1. The van der Waals surface area contributed by atoms with E-state index >= 15 is 0 Å². The molecule has 18 heavy (non-hydrogen) atoms. The molecular formula is C13H17Br2NO2. The van der Waals surface area contributed by atoms with Gasteiger partial charge in [0.05, 0.1) is 0 Å². The van der Waals surface area contributed by atoms with Gasteiger partial charge in [-0.3, -0.25) is 4.79 Å². The number of carboxylic acid groups (broad SMARTS) is 1. The van der Waals surface area contributed by atoms with Crippen LogP contribution in [0.1, 0.15) is 31.7 Å². The van der Waals surface area contributed by atoms with Crippen LogP contribution in [0, 0.1) is 0 Å². The average Bonchev–Trinajstić information content (AvgIpc) is 2.33. The van der Waals surface area contributed by atoms with Gasteiger partial charge in [0.1, 0.15) is 6.04 Å². The molecule has 1 aromatic rings. The van der Waals surface area contributed by atoms with Gasteiger partial charge in [-0.25, -0.2) is 0 Å². The lowest BCUT2D eigenvalue weighted by molar-refractivity contribution is -0.139. The molecule has 0 saturated carbocycles. The molecule has 0 bridgehead atoms. The van der Waals surface area contributed by atoms with Gasteiger partial charge in [0, 0.05) is 15.5 Å². The Kier molecular flexibility index (Phi) is 6.89. The first-order valence-corrected chi connectivity index (χ1v) is 7.53. The lowest BCUT2D eigenvalue weighted by Gasteiger charge is -2.14. The van der Waals surface area contributed by atoms with Crippen LogP contribution in [-0.4, -0.2) is 17.1 Å². The van der Waals surface area contributed by atoms with Crippen molar-refractivity contribution in [3.05, 3.63) is 32.7 Å². The summed E-state index contributed by atoms with van der Waals surface area (Å²) < 4.78 is 1.97. The van der Waals surface area contributed by atoms with Crippen molar-refractivity contribution in [2.75, 3.05) is 0 Å². The van der Waals surface area contributed by atoms with Crippen molar-refractivity contribution >= 4 is 37.8 Å². The van der Waals surface area contributed by atoms with E-state index in [0.29, 0.717) is 13.0 Å². The summed E-state index contributed by atoms with van der Waals surface area (Å²) in [6.07, 6.45) is 2.60. The SMILES string of the molecule is CCCC[C@H](NCc1ccc(Br)c(Br)c1)C(=O)O. The molecule has 0 radical (unpaired) electrons. The topological polar surface area (TPSA) is 49.3 Å². The van der Waals surface area contributed by atoms with Crippen molar-refractivity contribution in [1.29, 1.82) is 0 Å². The highest BCUT2D eigenvalue weighted by molar-refractivity contribution is 9.13. The van der Waals surface area contributed by atoms with Gasteiger partial charge in [-0.05, 0) is 56.0 Å². The number of halogens is 2. The molecule has 0 unspecified atom stereocenters. The van der Waals surface area contributed by atoms with Crippen molar-refractivity contribution in [2.45, 2.75) is 38.8 Å². The molecule has 1 aromatic carbocycles. The maximum absolute atomic E-state index is 11.1. The van der Waals surface area contributed by atoms with Crippen LogP contribution in [-0.2, 0) is 11.3 Å². The minimum absolute atomic E-state index is 0.465. The van der Waals surface area contributed by atoms with Crippen molar-refractivity contribution in [2.24, 2.45) is 0 Å². The predicted molar refractivity (Wildman–Crippen MR) is 79.6 cm³/mol. The number of nitrogens with one attached hydrogen (secondary N) is 1. The molecular weight excluding hydrogens is 362 g/mol.